The average Bonchev–Trinajstić information content (AvgIpc) is 3.34. The Morgan fingerprint density at radius 2 is 1.72 bits per heavy atom. The van der Waals surface area contributed by atoms with Crippen LogP contribution in [-0.4, -0.2) is 72.9 Å². The molecular formula is C29H27FN4O8S. The molecule has 224 valence electrons. The molecule has 0 saturated carbocycles. The van der Waals surface area contributed by atoms with E-state index in [-0.39, 0.29) is 71.0 Å². The van der Waals surface area contributed by atoms with Crippen LogP contribution in [0, 0.1) is 12.7 Å². The number of carboxylic acids is 1. The molecule has 2 heterocycles. The zero-order valence-electron chi connectivity index (χ0n) is 23.1. The number of anilines is 1. The number of hydrogen-bond donors (Lipinski definition) is 2. The summed E-state index contributed by atoms with van der Waals surface area (Å²) in [6.07, 6.45) is 0. The number of para-hydroxylation sites is 1. The van der Waals surface area contributed by atoms with Gasteiger partial charge in [0.25, 0.3) is 5.91 Å². The Kier molecular flexibility index (Phi) is 8.43. The fourth-order valence-electron chi connectivity index (χ4n) is 4.49. The zero-order valence-corrected chi connectivity index (χ0v) is 23.9. The molecule has 0 atom stereocenters. The van der Waals surface area contributed by atoms with Crippen molar-refractivity contribution >= 4 is 27.6 Å². The highest BCUT2D eigenvalue weighted by Crippen LogP contribution is 2.37. The van der Waals surface area contributed by atoms with Crippen molar-refractivity contribution in [1.82, 2.24) is 14.1 Å². The molecule has 3 aromatic carbocycles. The second-order valence-electron chi connectivity index (χ2n) is 9.41. The summed E-state index contributed by atoms with van der Waals surface area (Å²) in [5, 5.41) is 16.5. The van der Waals surface area contributed by atoms with Crippen molar-refractivity contribution in [3.63, 3.8) is 0 Å². The Hall–Kier alpha value is -4.79. The maximum absolute atomic E-state index is 13.9. The van der Waals surface area contributed by atoms with Crippen molar-refractivity contribution in [2.24, 2.45) is 0 Å². The molecule has 1 aliphatic heterocycles. The number of rotatable bonds is 9. The summed E-state index contributed by atoms with van der Waals surface area (Å²) in [4.78, 5) is 24.7. The largest absolute Gasteiger partial charge is 0.496 e. The van der Waals surface area contributed by atoms with Crippen LogP contribution >= 0.6 is 0 Å². The van der Waals surface area contributed by atoms with Crippen LogP contribution in [0.25, 0.3) is 5.69 Å². The number of aromatic carboxylic acids is 1. The van der Waals surface area contributed by atoms with E-state index < -0.39 is 27.7 Å². The fourth-order valence-corrected chi connectivity index (χ4v) is 6.04. The van der Waals surface area contributed by atoms with Gasteiger partial charge in [0.05, 0.1) is 31.6 Å². The summed E-state index contributed by atoms with van der Waals surface area (Å²) >= 11 is 0. The van der Waals surface area contributed by atoms with E-state index in [0.29, 0.717) is 5.75 Å². The first-order valence-electron chi connectivity index (χ1n) is 13.0. The Morgan fingerprint density at radius 1 is 1.02 bits per heavy atom. The van der Waals surface area contributed by atoms with Crippen molar-refractivity contribution in [2.75, 3.05) is 38.7 Å². The van der Waals surface area contributed by atoms with Gasteiger partial charge in [-0.15, -0.1) is 0 Å². The molecule has 1 saturated heterocycles. The lowest BCUT2D eigenvalue weighted by molar-refractivity contribution is 0.0689. The zero-order chi connectivity index (χ0) is 30.7. The number of morpholine rings is 1. The van der Waals surface area contributed by atoms with Crippen LogP contribution in [0.1, 0.15) is 26.4 Å². The van der Waals surface area contributed by atoms with Gasteiger partial charge in [-0.3, -0.25) is 4.79 Å². The SMILES string of the molecule is COc1ccccc1C(=O)Nc1ccc(Oc2c(C)c(C(=O)O)nn2-c2ccc(F)cc2)c(S(=O)(=O)N2CCOCC2)c1. The van der Waals surface area contributed by atoms with Gasteiger partial charge in [0.15, 0.2) is 5.69 Å². The quantitative estimate of drug-likeness (QED) is 0.286. The standard InChI is InChI=1S/C29H27FN4O8S/c1-18-26(29(36)37)32-34(21-10-7-19(30)8-11-21)28(18)42-24-12-9-20(31-27(35)22-5-3-4-6-23(22)40-2)17-25(24)43(38,39)33-13-15-41-16-14-33/h3-12,17H,13-16H2,1-2H3,(H,31,35)(H,36,37). The third kappa shape index (κ3) is 6.07. The topological polar surface area (TPSA) is 149 Å². The second-order valence-corrected chi connectivity index (χ2v) is 11.3. The first kappa shape index (κ1) is 29.7. The molecule has 5 rings (SSSR count). The molecule has 0 unspecified atom stereocenters. The summed E-state index contributed by atoms with van der Waals surface area (Å²) in [6.45, 7) is 2.03. The molecule has 0 spiro atoms. The smallest absolute Gasteiger partial charge is 0.356 e. The van der Waals surface area contributed by atoms with Crippen molar-refractivity contribution < 1.29 is 41.7 Å². The molecule has 1 amide bonds. The second kappa shape index (κ2) is 12.2. The highest BCUT2D eigenvalue weighted by atomic mass is 32.2. The Balaban J connectivity index is 1.60. The number of ether oxygens (including phenoxy) is 3. The van der Waals surface area contributed by atoms with Crippen LogP contribution in [0.4, 0.5) is 10.1 Å². The van der Waals surface area contributed by atoms with E-state index in [4.69, 9.17) is 14.2 Å². The predicted molar refractivity (Wildman–Crippen MR) is 152 cm³/mol. The number of hydrogen-bond acceptors (Lipinski definition) is 8. The van der Waals surface area contributed by atoms with Gasteiger partial charge in [0.2, 0.25) is 15.9 Å². The van der Waals surface area contributed by atoms with E-state index in [9.17, 15) is 27.5 Å². The molecule has 1 fully saturated rings. The Morgan fingerprint density at radius 3 is 2.40 bits per heavy atom. The van der Waals surface area contributed by atoms with Crippen molar-refractivity contribution in [1.29, 1.82) is 0 Å². The molecule has 43 heavy (non-hydrogen) atoms. The molecule has 1 aromatic heterocycles. The molecule has 14 heteroatoms. The lowest BCUT2D eigenvalue weighted by atomic mass is 10.2. The van der Waals surface area contributed by atoms with E-state index in [1.165, 1.54) is 60.8 Å². The maximum Gasteiger partial charge on any atom is 0.356 e. The number of benzene rings is 3. The predicted octanol–water partition coefficient (Wildman–Crippen LogP) is 4.09. The number of methoxy groups -OCH3 is 1. The number of carbonyl (C=O) groups is 2. The first-order valence-corrected chi connectivity index (χ1v) is 14.5. The van der Waals surface area contributed by atoms with Crippen LogP contribution in [-0.2, 0) is 14.8 Å². The number of carboxylic acid groups (broad SMARTS) is 1. The van der Waals surface area contributed by atoms with Gasteiger partial charge < -0.3 is 24.6 Å². The minimum absolute atomic E-state index is 0.0896. The minimum atomic E-state index is -4.20. The Labute approximate surface area is 246 Å². The van der Waals surface area contributed by atoms with Crippen LogP contribution in [0.15, 0.2) is 71.6 Å². The number of amides is 1. The summed E-state index contributed by atoms with van der Waals surface area (Å²) in [5.74, 6) is -2.28. The van der Waals surface area contributed by atoms with Gasteiger partial charge in [-0.05, 0) is 61.5 Å². The molecule has 0 aliphatic carbocycles. The molecule has 1 aliphatic rings. The van der Waals surface area contributed by atoms with Crippen LogP contribution in [0.5, 0.6) is 17.4 Å². The summed E-state index contributed by atoms with van der Waals surface area (Å²) < 4.78 is 60.5. The fraction of sp³-hybridized carbons (Fsp3) is 0.207. The summed E-state index contributed by atoms with van der Waals surface area (Å²) in [5.41, 5.74) is 0.455. The third-order valence-electron chi connectivity index (χ3n) is 6.69. The van der Waals surface area contributed by atoms with Crippen molar-refractivity contribution in [3.05, 3.63) is 89.4 Å². The number of nitrogens with zero attached hydrogens (tertiary/aromatic N) is 3. The average molecular weight is 611 g/mol. The lowest BCUT2D eigenvalue weighted by Crippen LogP contribution is -2.40. The summed E-state index contributed by atoms with van der Waals surface area (Å²) in [6, 6.07) is 15.7. The molecule has 4 aromatic rings. The van der Waals surface area contributed by atoms with E-state index >= 15 is 0 Å². The summed E-state index contributed by atoms with van der Waals surface area (Å²) in [7, 11) is -2.77. The van der Waals surface area contributed by atoms with Crippen LogP contribution < -0.4 is 14.8 Å². The van der Waals surface area contributed by atoms with Gasteiger partial charge in [0, 0.05) is 24.3 Å². The molecule has 2 N–H and O–H groups in total. The number of nitrogens with one attached hydrogen (secondary N) is 1. The molecule has 0 radical (unpaired) electrons. The highest BCUT2D eigenvalue weighted by molar-refractivity contribution is 7.89. The Bertz CT molecular complexity index is 1780. The minimum Gasteiger partial charge on any atom is -0.496 e. The van der Waals surface area contributed by atoms with Crippen LogP contribution in [0.3, 0.4) is 0 Å². The molecule has 12 nitrogen and oxygen atoms in total. The van der Waals surface area contributed by atoms with Gasteiger partial charge in [-0.2, -0.15) is 14.1 Å². The lowest BCUT2D eigenvalue weighted by Gasteiger charge is -2.27. The molecule has 0 bridgehead atoms. The van der Waals surface area contributed by atoms with Crippen molar-refractivity contribution in [2.45, 2.75) is 11.8 Å². The maximum atomic E-state index is 13.9. The third-order valence-corrected chi connectivity index (χ3v) is 8.61. The molecular weight excluding hydrogens is 583 g/mol. The van der Waals surface area contributed by atoms with Crippen LogP contribution in [0.2, 0.25) is 0 Å². The number of sulfonamides is 1. The normalized spacial score (nSPS) is 13.8. The van der Waals surface area contributed by atoms with E-state index in [0.717, 1.165) is 4.68 Å². The van der Waals surface area contributed by atoms with E-state index in [1.54, 1.807) is 24.3 Å². The highest BCUT2D eigenvalue weighted by Gasteiger charge is 2.32. The number of halogens is 1. The van der Waals surface area contributed by atoms with Gasteiger partial charge in [0.1, 0.15) is 22.2 Å². The van der Waals surface area contributed by atoms with Gasteiger partial charge in [-0.1, -0.05) is 12.1 Å². The first-order chi connectivity index (χ1) is 20.6. The van der Waals surface area contributed by atoms with Crippen molar-refractivity contribution in [3.8, 4) is 23.1 Å². The van der Waals surface area contributed by atoms with E-state index in [2.05, 4.69) is 10.4 Å². The number of carbonyl (C=O) groups excluding carboxylic acids is 1. The monoisotopic (exact) mass is 610 g/mol. The van der Waals surface area contributed by atoms with Gasteiger partial charge >= 0.3 is 5.97 Å². The number of aromatic nitrogens is 2. The van der Waals surface area contributed by atoms with E-state index in [1.807, 2.05) is 0 Å². The van der Waals surface area contributed by atoms with Gasteiger partial charge in [-0.25, -0.2) is 17.6 Å².